The Labute approximate surface area is 247 Å². The summed E-state index contributed by atoms with van der Waals surface area (Å²) in [5.74, 6) is 0.128. The van der Waals surface area contributed by atoms with Gasteiger partial charge in [0.05, 0.1) is 0 Å². The van der Waals surface area contributed by atoms with Crippen molar-refractivity contribution in [1.29, 1.82) is 0 Å². The predicted molar refractivity (Wildman–Crippen MR) is 176 cm³/mol. The Kier molecular flexibility index (Phi) is 16.9. The maximum atomic E-state index is 12.0. The van der Waals surface area contributed by atoms with E-state index in [9.17, 15) is 4.79 Å². The van der Waals surface area contributed by atoms with E-state index < -0.39 is 26.7 Å². The third-order valence-corrected chi connectivity index (χ3v) is 29.5. The van der Waals surface area contributed by atoms with Crippen molar-refractivity contribution in [3.8, 4) is 0 Å². The maximum absolute atomic E-state index is 12.0. The molecule has 39 heavy (non-hydrogen) atoms. The van der Waals surface area contributed by atoms with E-state index in [-0.39, 0.29) is 23.0 Å². The van der Waals surface area contributed by atoms with Crippen LogP contribution in [0.15, 0.2) is 40.0 Å². The van der Waals surface area contributed by atoms with Gasteiger partial charge in [0.2, 0.25) is 0 Å². The monoisotopic (exact) mass is 666 g/mol. The molecule has 2 atom stereocenters. The average molecular weight is 666 g/mol. The summed E-state index contributed by atoms with van der Waals surface area (Å²) in [7, 11) is -1.96. The van der Waals surface area contributed by atoms with E-state index >= 15 is 0 Å². The Bertz CT molecular complexity index is 822. The molecule has 0 radical (unpaired) electrons. The molecule has 1 aromatic rings. The third-order valence-electron chi connectivity index (χ3n) is 9.00. The first-order valence-corrected chi connectivity index (χ1v) is 26.3. The zero-order chi connectivity index (χ0) is 29.5. The SMILES string of the molecule is CCC[CH2][Sn]([CH2]CCC)([CH2]CCC)/[C](=C/[C@@H](C)[C@H](CCc1ccccc1)O[Si](C)(C)C(C)(C)C)COC(C)=O. The van der Waals surface area contributed by atoms with Crippen molar-refractivity contribution >= 4 is 32.7 Å². The van der Waals surface area contributed by atoms with Crippen molar-refractivity contribution in [1.82, 2.24) is 0 Å². The fraction of sp³-hybridized carbons (Fsp3) is 0.735. The van der Waals surface area contributed by atoms with Gasteiger partial charge in [0, 0.05) is 0 Å². The second-order valence-electron chi connectivity index (χ2n) is 13.4. The van der Waals surface area contributed by atoms with Gasteiger partial charge in [0.15, 0.2) is 0 Å². The molecule has 0 heterocycles. The molecule has 0 fully saturated rings. The van der Waals surface area contributed by atoms with Crippen molar-refractivity contribution in [2.24, 2.45) is 5.92 Å². The van der Waals surface area contributed by atoms with Crippen LogP contribution >= 0.6 is 0 Å². The normalized spacial score (nSPS) is 14.8. The zero-order valence-corrected chi connectivity index (χ0v) is 31.2. The van der Waals surface area contributed by atoms with Gasteiger partial charge in [-0.2, -0.15) is 0 Å². The van der Waals surface area contributed by atoms with Gasteiger partial charge >= 0.3 is 249 Å². The summed E-state index contributed by atoms with van der Waals surface area (Å²) in [6.45, 7) is 23.2. The molecule has 0 aliphatic heterocycles. The van der Waals surface area contributed by atoms with E-state index in [0.717, 1.165) is 12.8 Å². The molecule has 0 bridgehead atoms. The summed E-state index contributed by atoms with van der Waals surface area (Å²) in [5.41, 5.74) is 1.38. The van der Waals surface area contributed by atoms with Gasteiger partial charge in [-0.25, -0.2) is 0 Å². The Balaban J connectivity index is 3.54. The van der Waals surface area contributed by atoms with E-state index in [2.05, 4.69) is 98.0 Å². The van der Waals surface area contributed by atoms with Gasteiger partial charge in [0.25, 0.3) is 0 Å². The van der Waals surface area contributed by atoms with Crippen LogP contribution in [-0.2, 0) is 20.4 Å². The third kappa shape index (κ3) is 12.9. The van der Waals surface area contributed by atoms with Gasteiger partial charge in [-0.3, -0.25) is 0 Å². The number of aryl methyl sites for hydroxylation is 1. The fourth-order valence-electron chi connectivity index (χ4n) is 5.32. The molecule has 3 nitrogen and oxygen atoms in total. The van der Waals surface area contributed by atoms with Crippen LogP contribution in [0, 0.1) is 5.92 Å². The van der Waals surface area contributed by atoms with Crippen LogP contribution in [0.3, 0.4) is 0 Å². The Morgan fingerprint density at radius 2 is 1.46 bits per heavy atom. The number of esters is 1. The second kappa shape index (κ2) is 18.1. The van der Waals surface area contributed by atoms with Gasteiger partial charge in [-0.05, 0) is 0 Å². The molecule has 0 unspecified atom stereocenters. The van der Waals surface area contributed by atoms with Crippen LogP contribution in [0.5, 0.6) is 0 Å². The molecule has 5 heteroatoms. The summed E-state index contributed by atoms with van der Waals surface area (Å²) in [6, 6.07) is 10.8. The van der Waals surface area contributed by atoms with E-state index in [1.54, 1.807) is 10.5 Å². The van der Waals surface area contributed by atoms with E-state index in [1.165, 1.54) is 57.4 Å². The standard InChI is InChI=1S/C22H35O3Si.3C4H9.Sn/c1-18(12-11-17-24-19(2)23)21(25-26(6,7)22(3,4)5)16-15-20-13-9-8-10-14-20;3*1-3-4-2;/h8-10,12-14,18,21H,15-17H2,1-7H3;3*1,3-4H2,2H3;/t18-,21+;;;;/m1..../s1. The zero-order valence-electron chi connectivity index (χ0n) is 27.3. The first-order chi connectivity index (χ1) is 18.3. The Morgan fingerprint density at radius 3 is 1.90 bits per heavy atom. The number of carbonyl (C=O) groups is 1. The Morgan fingerprint density at radius 1 is 0.949 bits per heavy atom. The predicted octanol–water partition coefficient (Wildman–Crippen LogP) is 10.5. The summed E-state index contributed by atoms with van der Waals surface area (Å²) < 4.78 is 18.7. The molecule has 0 aromatic heterocycles. The van der Waals surface area contributed by atoms with Gasteiger partial charge in [0.1, 0.15) is 0 Å². The average Bonchev–Trinajstić information content (AvgIpc) is 2.88. The molecule has 1 rings (SSSR count). The first-order valence-electron chi connectivity index (χ1n) is 15.9. The summed E-state index contributed by atoms with van der Waals surface area (Å²) in [5, 5.41) is 0.161. The quantitative estimate of drug-likeness (QED) is 0.109. The van der Waals surface area contributed by atoms with Crippen LogP contribution in [0.4, 0.5) is 0 Å². The van der Waals surface area contributed by atoms with Crippen molar-refractivity contribution < 1.29 is 14.0 Å². The van der Waals surface area contributed by atoms with Crippen LogP contribution < -0.4 is 0 Å². The molecule has 1 aromatic carbocycles. The summed E-state index contributed by atoms with van der Waals surface area (Å²) in [6.07, 6.45) is 12.4. The second-order valence-corrected chi connectivity index (χ2v) is 31.5. The van der Waals surface area contributed by atoms with Crippen LogP contribution in [0.1, 0.15) is 106 Å². The van der Waals surface area contributed by atoms with Gasteiger partial charge < -0.3 is 0 Å². The molecule has 0 saturated carbocycles. The van der Waals surface area contributed by atoms with Crippen LogP contribution in [0.2, 0.25) is 31.4 Å². The number of benzene rings is 1. The van der Waals surface area contributed by atoms with E-state index in [0.29, 0.717) is 6.61 Å². The molecule has 0 aliphatic carbocycles. The van der Waals surface area contributed by atoms with Crippen molar-refractivity contribution in [2.45, 2.75) is 144 Å². The number of carbonyl (C=O) groups excluding carboxylic acids is 1. The van der Waals surface area contributed by atoms with E-state index in [4.69, 9.17) is 9.16 Å². The van der Waals surface area contributed by atoms with Crippen LogP contribution in [-0.4, -0.2) is 45.4 Å². The summed E-state index contributed by atoms with van der Waals surface area (Å²) in [4.78, 5) is 12.0. The van der Waals surface area contributed by atoms with E-state index in [1.807, 2.05) is 0 Å². The number of unbranched alkanes of at least 4 members (excludes halogenated alkanes) is 3. The fourth-order valence-corrected chi connectivity index (χ4v) is 23.3. The number of hydrogen-bond donors (Lipinski definition) is 0. The molecule has 0 aliphatic rings. The Hall–Kier alpha value is -0.594. The molecular weight excluding hydrogens is 603 g/mol. The summed E-state index contributed by atoms with van der Waals surface area (Å²) >= 11 is -2.78. The molecule has 0 spiro atoms. The topological polar surface area (TPSA) is 35.5 Å². The first kappa shape index (κ1) is 36.4. The molecule has 0 amide bonds. The number of ether oxygens (including phenoxy) is 1. The minimum absolute atomic E-state index is 0.158. The molecular formula is C34H62O3SiSn. The van der Waals surface area contributed by atoms with Crippen molar-refractivity contribution in [3.05, 3.63) is 45.6 Å². The van der Waals surface area contributed by atoms with Crippen molar-refractivity contribution in [3.63, 3.8) is 0 Å². The molecule has 0 N–H and O–H groups in total. The molecule has 0 saturated heterocycles. The number of rotatable bonds is 19. The number of hydrogen-bond acceptors (Lipinski definition) is 3. The van der Waals surface area contributed by atoms with Crippen molar-refractivity contribution in [2.75, 3.05) is 6.61 Å². The minimum atomic E-state index is -2.78. The van der Waals surface area contributed by atoms with Gasteiger partial charge in [-0.15, -0.1) is 0 Å². The van der Waals surface area contributed by atoms with Crippen LogP contribution in [0.25, 0.3) is 0 Å². The van der Waals surface area contributed by atoms with Gasteiger partial charge in [-0.1, -0.05) is 0 Å². The molecule has 224 valence electrons.